The van der Waals surface area contributed by atoms with Gasteiger partial charge in [0.15, 0.2) is 11.9 Å². The van der Waals surface area contributed by atoms with Crippen molar-refractivity contribution in [2.24, 2.45) is 0 Å². The molecule has 0 spiro atoms. The first-order valence-corrected chi connectivity index (χ1v) is 11.9. The van der Waals surface area contributed by atoms with Crippen LogP contribution in [-0.2, 0) is 0 Å². The summed E-state index contributed by atoms with van der Waals surface area (Å²) in [5.74, 6) is 0.515. The van der Waals surface area contributed by atoms with E-state index in [-0.39, 0.29) is 18.1 Å². The van der Waals surface area contributed by atoms with Crippen LogP contribution in [0.25, 0.3) is 0 Å². The summed E-state index contributed by atoms with van der Waals surface area (Å²) < 4.78 is 7.14. The molecular formula is C29H22BrNO3. The monoisotopic (exact) mass is 511 g/mol. The highest BCUT2D eigenvalue weighted by Crippen LogP contribution is 2.43. The molecule has 4 nitrogen and oxygen atoms in total. The minimum absolute atomic E-state index is 0.0244. The highest BCUT2D eigenvalue weighted by molar-refractivity contribution is 9.10. The number of para-hydroxylation sites is 2. The van der Waals surface area contributed by atoms with Gasteiger partial charge in [0, 0.05) is 26.9 Å². The third-order valence-electron chi connectivity index (χ3n) is 6.00. The van der Waals surface area contributed by atoms with E-state index in [2.05, 4.69) is 15.9 Å². The Morgan fingerprint density at radius 2 is 1.35 bits per heavy atom. The molecule has 5 rings (SSSR count). The van der Waals surface area contributed by atoms with Crippen molar-refractivity contribution >= 4 is 33.2 Å². The van der Waals surface area contributed by atoms with Crippen LogP contribution in [0.1, 0.15) is 32.3 Å². The molecule has 34 heavy (non-hydrogen) atoms. The average Bonchev–Trinajstić information content (AvgIpc) is 3.27. The van der Waals surface area contributed by atoms with Gasteiger partial charge in [-0.25, -0.2) is 0 Å². The van der Waals surface area contributed by atoms with E-state index in [1.165, 1.54) is 0 Å². The van der Waals surface area contributed by atoms with Crippen molar-refractivity contribution in [1.29, 1.82) is 0 Å². The van der Waals surface area contributed by atoms with Gasteiger partial charge in [-0.2, -0.15) is 0 Å². The number of carbonyl (C=O) groups excluding carboxylic acids is 2. The Hall–Kier alpha value is -3.70. The van der Waals surface area contributed by atoms with Crippen molar-refractivity contribution in [2.45, 2.75) is 12.1 Å². The maximum atomic E-state index is 13.7. The second kappa shape index (κ2) is 9.65. The van der Waals surface area contributed by atoms with Gasteiger partial charge >= 0.3 is 0 Å². The molecule has 0 radical (unpaired) electrons. The first kappa shape index (κ1) is 22.1. The van der Waals surface area contributed by atoms with Gasteiger partial charge < -0.3 is 9.64 Å². The summed E-state index contributed by atoms with van der Waals surface area (Å²) >= 11 is 3.43. The van der Waals surface area contributed by atoms with Crippen LogP contribution >= 0.6 is 15.9 Å². The number of fused-ring (bicyclic) bond motifs is 1. The summed E-state index contributed by atoms with van der Waals surface area (Å²) in [6, 6.07) is 33.4. The maximum absolute atomic E-state index is 13.7. The van der Waals surface area contributed by atoms with E-state index in [1.807, 2.05) is 102 Å². The number of benzene rings is 4. The molecule has 0 aromatic heterocycles. The van der Waals surface area contributed by atoms with Crippen LogP contribution in [0.3, 0.4) is 0 Å². The second-order valence-electron chi connectivity index (χ2n) is 8.14. The minimum Gasteiger partial charge on any atom is -0.479 e. The van der Waals surface area contributed by atoms with Gasteiger partial charge in [0.2, 0.25) is 5.78 Å². The molecule has 1 aliphatic heterocycles. The Bertz CT molecular complexity index is 1310. The Kier molecular flexibility index (Phi) is 6.28. The van der Waals surface area contributed by atoms with Gasteiger partial charge in [-0.05, 0) is 30.3 Å². The van der Waals surface area contributed by atoms with Gasteiger partial charge in [0.1, 0.15) is 11.8 Å². The van der Waals surface area contributed by atoms with Gasteiger partial charge in [-0.1, -0.05) is 94.8 Å². The van der Waals surface area contributed by atoms with E-state index >= 15 is 0 Å². The summed E-state index contributed by atoms with van der Waals surface area (Å²) in [6.07, 6.45) is -0.789. The van der Waals surface area contributed by atoms with Gasteiger partial charge in [-0.3, -0.25) is 9.59 Å². The van der Waals surface area contributed by atoms with E-state index in [0.717, 1.165) is 15.7 Å². The van der Waals surface area contributed by atoms with Crippen LogP contribution < -0.4 is 9.64 Å². The topological polar surface area (TPSA) is 46.6 Å². The standard InChI is InChI=1S/C29H22BrNO3/c30-22-17-15-21(16-18-22)28(33)29-27(24-13-7-8-14-26(24)34-29)31(23-11-5-2-6-12-23)19-25(32)20-9-3-1-4-10-20/h1-18,27,29H,19H2. The number of nitrogens with zero attached hydrogens (tertiary/aromatic N) is 1. The highest BCUT2D eigenvalue weighted by Gasteiger charge is 2.43. The van der Waals surface area contributed by atoms with E-state index in [0.29, 0.717) is 16.9 Å². The average molecular weight is 512 g/mol. The molecule has 0 amide bonds. The molecule has 0 bridgehead atoms. The lowest BCUT2D eigenvalue weighted by molar-refractivity contribution is 0.0784. The lowest BCUT2D eigenvalue weighted by Crippen LogP contribution is -2.42. The molecule has 5 heteroatoms. The summed E-state index contributed by atoms with van der Waals surface area (Å²) in [6.45, 7) is 0.112. The Balaban J connectivity index is 1.58. The summed E-state index contributed by atoms with van der Waals surface area (Å²) in [5.41, 5.74) is 2.94. The molecular weight excluding hydrogens is 490 g/mol. The van der Waals surface area contributed by atoms with Gasteiger partial charge in [0.25, 0.3) is 0 Å². The number of Topliss-reactive ketones (excluding diaryl/α,β-unsaturated/α-hetero) is 2. The van der Waals surface area contributed by atoms with E-state index in [4.69, 9.17) is 4.74 Å². The normalized spacial score (nSPS) is 16.4. The molecule has 0 fully saturated rings. The van der Waals surface area contributed by atoms with Crippen LogP contribution in [0.15, 0.2) is 114 Å². The SMILES string of the molecule is O=C(CN(c1ccccc1)C1c2ccccc2OC1C(=O)c1ccc(Br)cc1)c1ccccc1. The maximum Gasteiger partial charge on any atom is 0.205 e. The fourth-order valence-electron chi connectivity index (χ4n) is 4.34. The van der Waals surface area contributed by atoms with Crippen molar-refractivity contribution in [3.8, 4) is 5.75 Å². The smallest absolute Gasteiger partial charge is 0.205 e. The molecule has 1 heterocycles. The number of carbonyl (C=O) groups is 2. The number of hydrogen-bond acceptors (Lipinski definition) is 4. The number of halogens is 1. The summed E-state index contributed by atoms with van der Waals surface area (Å²) in [5, 5.41) is 0. The molecule has 0 saturated heterocycles. The Morgan fingerprint density at radius 1 is 0.735 bits per heavy atom. The van der Waals surface area contributed by atoms with Crippen molar-refractivity contribution in [3.63, 3.8) is 0 Å². The Labute approximate surface area is 206 Å². The van der Waals surface area contributed by atoms with Crippen LogP contribution in [0.5, 0.6) is 5.75 Å². The molecule has 168 valence electrons. The minimum atomic E-state index is -0.789. The van der Waals surface area contributed by atoms with Crippen molar-refractivity contribution < 1.29 is 14.3 Å². The molecule has 4 aromatic carbocycles. The van der Waals surface area contributed by atoms with Crippen LogP contribution in [0, 0.1) is 0 Å². The molecule has 0 N–H and O–H groups in total. The van der Waals surface area contributed by atoms with Crippen LogP contribution in [0.2, 0.25) is 0 Å². The fourth-order valence-corrected chi connectivity index (χ4v) is 4.61. The van der Waals surface area contributed by atoms with Gasteiger partial charge in [0.05, 0.1) is 6.54 Å². The van der Waals surface area contributed by atoms with Crippen LogP contribution in [0.4, 0.5) is 5.69 Å². The van der Waals surface area contributed by atoms with Crippen molar-refractivity contribution in [3.05, 3.63) is 130 Å². The zero-order valence-corrected chi connectivity index (χ0v) is 19.9. The third-order valence-corrected chi connectivity index (χ3v) is 6.53. The summed E-state index contributed by atoms with van der Waals surface area (Å²) in [4.78, 5) is 29.0. The predicted octanol–water partition coefficient (Wildman–Crippen LogP) is 6.52. The summed E-state index contributed by atoms with van der Waals surface area (Å²) in [7, 11) is 0. The van der Waals surface area contributed by atoms with E-state index in [1.54, 1.807) is 12.1 Å². The first-order chi connectivity index (χ1) is 16.6. The lowest BCUT2D eigenvalue weighted by Gasteiger charge is -2.33. The molecule has 2 atom stereocenters. The third kappa shape index (κ3) is 4.39. The second-order valence-corrected chi connectivity index (χ2v) is 9.06. The number of ether oxygens (including phenoxy) is 1. The first-order valence-electron chi connectivity index (χ1n) is 11.1. The Morgan fingerprint density at radius 3 is 2.06 bits per heavy atom. The highest BCUT2D eigenvalue weighted by atomic mass is 79.9. The van der Waals surface area contributed by atoms with Crippen molar-refractivity contribution in [1.82, 2.24) is 0 Å². The van der Waals surface area contributed by atoms with E-state index in [9.17, 15) is 9.59 Å². The fraction of sp³-hybridized carbons (Fsp3) is 0.103. The zero-order chi connectivity index (χ0) is 23.5. The van der Waals surface area contributed by atoms with Gasteiger partial charge in [-0.15, -0.1) is 0 Å². The van der Waals surface area contributed by atoms with E-state index < -0.39 is 12.1 Å². The van der Waals surface area contributed by atoms with Crippen molar-refractivity contribution in [2.75, 3.05) is 11.4 Å². The molecule has 0 aliphatic carbocycles. The molecule has 1 aliphatic rings. The predicted molar refractivity (Wildman–Crippen MR) is 137 cm³/mol. The van der Waals surface area contributed by atoms with Crippen LogP contribution in [-0.4, -0.2) is 24.2 Å². The number of ketones is 2. The largest absolute Gasteiger partial charge is 0.479 e. The number of hydrogen-bond donors (Lipinski definition) is 0. The number of rotatable bonds is 7. The molecule has 4 aromatic rings. The molecule has 2 unspecified atom stereocenters. The zero-order valence-electron chi connectivity index (χ0n) is 18.3. The molecule has 0 saturated carbocycles. The number of anilines is 1. The lowest BCUT2D eigenvalue weighted by atomic mass is 9.94. The quantitative estimate of drug-likeness (QED) is 0.265.